The lowest BCUT2D eigenvalue weighted by Crippen LogP contribution is -2.26. The molecule has 1 aliphatic rings. The molecule has 0 saturated heterocycles. The van der Waals surface area contributed by atoms with Crippen LogP contribution in [-0.2, 0) is 4.79 Å². The zero-order valence-electron chi connectivity index (χ0n) is 15.8. The van der Waals surface area contributed by atoms with Crippen molar-refractivity contribution in [3.05, 3.63) is 77.2 Å². The van der Waals surface area contributed by atoms with Crippen molar-refractivity contribution in [2.75, 3.05) is 32.1 Å². The Balaban J connectivity index is 1.78. The fraction of sp³-hybridized carbons (Fsp3) is 0.182. The Kier molecular flexibility index (Phi) is 6.01. The summed E-state index contributed by atoms with van der Waals surface area (Å²) in [5, 5.41) is 9.02. The second kappa shape index (κ2) is 8.63. The summed E-state index contributed by atoms with van der Waals surface area (Å²) < 4.78 is 13.0. The first-order chi connectivity index (χ1) is 13.5. The number of rotatable bonds is 6. The highest BCUT2D eigenvalue weighted by atomic mass is 19.1. The van der Waals surface area contributed by atoms with Crippen LogP contribution in [0.25, 0.3) is 12.2 Å². The molecule has 2 aromatic rings. The molecule has 0 aromatic heterocycles. The molecule has 1 N–H and O–H groups in total. The minimum absolute atomic E-state index is 0.0894. The van der Waals surface area contributed by atoms with Gasteiger partial charge in [-0.1, -0.05) is 30.3 Å². The van der Waals surface area contributed by atoms with Crippen LogP contribution in [0.2, 0.25) is 0 Å². The molecule has 0 fully saturated rings. The number of benzene rings is 2. The third kappa shape index (κ3) is 4.53. The van der Waals surface area contributed by atoms with E-state index in [1.54, 1.807) is 37.4 Å². The molecule has 0 unspecified atom stereocenters. The highest BCUT2D eigenvalue weighted by Gasteiger charge is 2.25. The Morgan fingerprint density at radius 3 is 2.36 bits per heavy atom. The Labute approximate surface area is 163 Å². The molecule has 0 aliphatic carbocycles. The van der Waals surface area contributed by atoms with Crippen molar-refractivity contribution in [3.8, 4) is 0 Å². The molecule has 0 bridgehead atoms. The number of hydrogen-bond acceptors (Lipinski definition) is 4. The number of anilines is 1. The number of aliphatic imine (C=N–C) groups is 1. The molecule has 0 atom stereocenters. The molecule has 1 heterocycles. The van der Waals surface area contributed by atoms with E-state index in [0.29, 0.717) is 18.1 Å². The fourth-order valence-electron chi connectivity index (χ4n) is 2.77. The van der Waals surface area contributed by atoms with Gasteiger partial charge in [0, 0.05) is 26.3 Å². The highest BCUT2D eigenvalue weighted by molar-refractivity contribution is 6.18. The number of carbonyl (C=O) groups excluding carboxylic acids is 1. The van der Waals surface area contributed by atoms with Gasteiger partial charge in [0.15, 0.2) is 0 Å². The molecule has 0 radical (unpaired) electrons. The smallest absolute Gasteiger partial charge is 0.277 e. The van der Waals surface area contributed by atoms with Gasteiger partial charge in [-0.15, -0.1) is 0 Å². The maximum atomic E-state index is 13.0. The minimum atomic E-state index is -0.290. The fourth-order valence-corrected chi connectivity index (χ4v) is 2.77. The first-order valence-corrected chi connectivity index (χ1v) is 8.92. The maximum Gasteiger partial charge on any atom is 0.277 e. The quantitative estimate of drug-likeness (QED) is 0.785. The van der Waals surface area contributed by atoms with Gasteiger partial charge in [-0.05, 0) is 47.5 Å². The normalized spacial score (nSPS) is 15.6. The van der Waals surface area contributed by atoms with Crippen LogP contribution < -0.4 is 4.90 Å². The van der Waals surface area contributed by atoms with Crippen LogP contribution in [-0.4, -0.2) is 49.0 Å². The summed E-state index contributed by atoms with van der Waals surface area (Å²) in [6, 6.07) is 13.8. The van der Waals surface area contributed by atoms with E-state index in [9.17, 15) is 9.18 Å². The van der Waals surface area contributed by atoms with Gasteiger partial charge >= 0.3 is 0 Å². The second-order valence-electron chi connectivity index (χ2n) is 6.49. The minimum Gasteiger partial charge on any atom is -0.395 e. The predicted octanol–water partition coefficient (Wildman–Crippen LogP) is 3.18. The van der Waals surface area contributed by atoms with Crippen molar-refractivity contribution < 1.29 is 14.3 Å². The van der Waals surface area contributed by atoms with Gasteiger partial charge in [0.1, 0.15) is 17.3 Å². The number of aliphatic hydroxyl groups is 1. The van der Waals surface area contributed by atoms with Crippen LogP contribution in [0.15, 0.2) is 65.3 Å². The Hall–Kier alpha value is -3.25. The van der Waals surface area contributed by atoms with Gasteiger partial charge in [0.25, 0.3) is 5.91 Å². The van der Waals surface area contributed by atoms with Crippen molar-refractivity contribution in [1.82, 2.24) is 4.90 Å². The Bertz CT molecular complexity index is 931. The molecule has 0 spiro atoms. The van der Waals surface area contributed by atoms with Crippen LogP contribution in [0.5, 0.6) is 0 Å². The number of amides is 1. The lowest BCUT2D eigenvalue weighted by molar-refractivity contribution is -0.121. The molecule has 28 heavy (non-hydrogen) atoms. The van der Waals surface area contributed by atoms with E-state index >= 15 is 0 Å². The van der Waals surface area contributed by atoms with E-state index in [1.165, 1.54) is 17.0 Å². The third-order valence-electron chi connectivity index (χ3n) is 4.47. The molecule has 6 heteroatoms. The van der Waals surface area contributed by atoms with Crippen molar-refractivity contribution in [1.29, 1.82) is 0 Å². The molecule has 5 nitrogen and oxygen atoms in total. The van der Waals surface area contributed by atoms with Crippen LogP contribution in [0.1, 0.15) is 11.1 Å². The van der Waals surface area contributed by atoms with E-state index < -0.39 is 0 Å². The van der Waals surface area contributed by atoms with Gasteiger partial charge in [-0.2, -0.15) is 0 Å². The molecule has 1 amide bonds. The molecule has 3 rings (SSSR count). The zero-order chi connectivity index (χ0) is 20.1. The standard InChI is InChI=1S/C22H22FN3O2/c1-25(13-14-27)19-10-5-17(6-11-19)15-20-22(28)26(2)21(24-20)12-7-16-3-8-18(23)9-4-16/h3-12,15,27H,13-14H2,1-2H3. The number of likely N-dealkylation sites (N-methyl/N-ethyl adjacent to an activating group) is 2. The van der Waals surface area contributed by atoms with Crippen LogP contribution in [0.4, 0.5) is 10.1 Å². The average molecular weight is 379 g/mol. The molecular formula is C22H22FN3O2. The third-order valence-corrected chi connectivity index (χ3v) is 4.47. The van der Waals surface area contributed by atoms with Gasteiger partial charge in [-0.25, -0.2) is 9.38 Å². The SMILES string of the molecule is CN1C(=O)C(=Cc2ccc(N(C)CCO)cc2)N=C1C=Cc1ccc(F)cc1. The number of halogens is 1. The lowest BCUT2D eigenvalue weighted by atomic mass is 10.1. The predicted molar refractivity (Wildman–Crippen MR) is 110 cm³/mol. The summed E-state index contributed by atoms with van der Waals surface area (Å²) in [5.41, 5.74) is 3.03. The highest BCUT2D eigenvalue weighted by Crippen LogP contribution is 2.20. The number of hydrogen-bond donors (Lipinski definition) is 1. The van der Waals surface area contributed by atoms with Gasteiger partial charge < -0.3 is 10.0 Å². The van der Waals surface area contributed by atoms with Crippen molar-refractivity contribution in [2.24, 2.45) is 4.99 Å². The second-order valence-corrected chi connectivity index (χ2v) is 6.49. The summed E-state index contributed by atoms with van der Waals surface area (Å²) in [6.07, 6.45) is 5.27. The maximum absolute atomic E-state index is 13.0. The number of amidine groups is 1. The van der Waals surface area contributed by atoms with Gasteiger partial charge in [0.2, 0.25) is 0 Å². The summed E-state index contributed by atoms with van der Waals surface area (Å²) in [6.45, 7) is 0.643. The van der Waals surface area contributed by atoms with E-state index in [4.69, 9.17) is 5.11 Å². The van der Waals surface area contributed by atoms with Crippen molar-refractivity contribution >= 4 is 29.6 Å². The topological polar surface area (TPSA) is 56.1 Å². The summed E-state index contributed by atoms with van der Waals surface area (Å²) in [7, 11) is 3.58. The lowest BCUT2D eigenvalue weighted by Gasteiger charge is -2.17. The summed E-state index contributed by atoms with van der Waals surface area (Å²) in [4.78, 5) is 20.3. The average Bonchev–Trinajstić information content (AvgIpc) is 2.96. The molecule has 0 saturated carbocycles. The van der Waals surface area contributed by atoms with Gasteiger partial charge in [0.05, 0.1) is 6.61 Å². The van der Waals surface area contributed by atoms with Crippen molar-refractivity contribution in [2.45, 2.75) is 0 Å². The largest absolute Gasteiger partial charge is 0.395 e. The number of carbonyl (C=O) groups is 1. The van der Waals surface area contributed by atoms with Crippen LogP contribution in [0.3, 0.4) is 0 Å². The Morgan fingerprint density at radius 2 is 1.71 bits per heavy atom. The molecule has 144 valence electrons. The Morgan fingerprint density at radius 1 is 1.07 bits per heavy atom. The van der Waals surface area contributed by atoms with Gasteiger partial charge in [-0.3, -0.25) is 9.69 Å². The number of aliphatic hydroxyl groups excluding tert-OH is 1. The van der Waals surface area contributed by atoms with E-state index in [1.807, 2.05) is 36.2 Å². The van der Waals surface area contributed by atoms with Crippen LogP contribution >= 0.6 is 0 Å². The molecule has 2 aromatic carbocycles. The summed E-state index contributed by atoms with van der Waals surface area (Å²) >= 11 is 0. The number of nitrogens with zero attached hydrogens (tertiary/aromatic N) is 3. The van der Waals surface area contributed by atoms with Crippen molar-refractivity contribution in [3.63, 3.8) is 0 Å². The van der Waals surface area contributed by atoms with E-state index in [0.717, 1.165) is 16.8 Å². The summed E-state index contributed by atoms with van der Waals surface area (Å²) in [5.74, 6) is 0.0570. The van der Waals surface area contributed by atoms with E-state index in [-0.39, 0.29) is 18.3 Å². The first-order valence-electron chi connectivity index (χ1n) is 8.92. The van der Waals surface area contributed by atoms with Crippen LogP contribution in [0, 0.1) is 5.82 Å². The van der Waals surface area contributed by atoms with E-state index in [2.05, 4.69) is 4.99 Å². The molecule has 1 aliphatic heterocycles. The monoisotopic (exact) mass is 379 g/mol. The molecular weight excluding hydrogens is 357 g/mol. The first kappa shape index (κ1) is 19.5. The zero-order valence-corrected chi connectivity index (χ0v) is 15.8.